The number of hydrogen-bond acceptors (Lipinski definition) is 4. The van der Waals surface area contributed by atoms with Gasteiger partial charge in [0.05, 0.1) is 12.1 Å². The Hall–Kier alpha value is -2.11. The summed E-state index contributed by atoms with van der Waals surface area (Å²) in [7, 11) is 0. The number of aromatic amines is 1. The summed E-state index contributed by atoms with van der Waals surface area (Å²) in [5.74, 6) is 0.776. The van der Waals surface area contributed by atoms with E-state index in [0.717, 1.165) is 28.5 Å². The van der Waals surface area contributed by atoms with Crippen molar-refractivity contribution in [3.05, 3.63) is 34.7 Å². The Morgan fingerprint density at radius 3 is 2.89 bits per heavy atom. The van der Waals surface area contributed by atoms with Crippen molar-refractivity contribution in [2.75, 3.05) is 0 Å². The van der Waals surface area contributed by atoms with Crippen LogP contribution in [0.3, 0.4) is 0 Å². The molecule has 0 unspecified atom stereocenters. The van der Waals surface area contributed by atoms with Gasteiger partial charge in [-0.1, -0.05) is 5.16 Å². The number of aliphatic carboxylic acids is 1. The van der Waals surface area contributed by atoms with Crippen molar-refractivity contribution < 1.29 is 14.4 Å². The van der Waals surface area contributed by atoms with Gasteiger partial charge in [0.25, 0.3) is 0 Å². The molecular weight excluding hydrogens is 234 g/mol. The van der Waals surface area contributed by atoms with E-state index in [9.17, 15) is 4.79 Å². The first-order valence-corrected chi connectivity index (χ1v) is 5.72. The van der Waals surface area contributed by atoms with Gasteiger partial charge < -0.3 is 14.6 Å². The molecule has 96 valence electrons. The summed E-state index contributed by atoms with van der Waals surface area (Å²) < 4.78 is 5.08. The van der Waals surface area contributed by atoms with E-state index in [2.05, 4.69) is 15.1 Å². The molecule has 0 fully saturated rings. The Morgan fingerprint density at radius 1 is 1.50 bits per heavy atom. The monoisotopic (exact) mass is 249 g/mol. The first kappa shape index (κ1) is 12.3. The first-order valence-electron chi connectivity index (χ1n) is 5.72. The Balaban J connectivity index is 2.05. The van der Waals surface area contributed by atoms with E-state index < -0.39 is 5.97 Å². The zero-order chi connectivity index (χ0) is 13.1. The molecule has 2 aromatic rings. The minimum atomic E-state index is -0.808. The standard InChI is InChI=1S/C12H15N3O3/c1-7-10(8(2)18-15-7)5-11-13-6-9(14-11)3-4-12(16)17/h6H,3-5H2,1-2H3,(H,13,14)(H,16,17). The molecule has 6 nitrogen and oxygen atoms in total. The summed E-state index contributed by atoms with van der Waals surface area (Å²) >= 11 is 0. The molecule has 2 heterocycles. The Bertz CT molecular complexity index is 537. The molecule has 0 radical (unpaired) electrons. The summed E-state index contributed by atoms with van der Waals surface area (Å²) in [6.45, 7) is 3.75. The number of carboxylic acids is 1. The molecule has 6 heteroatoms. The summed E-state index contributed by atoms with van der Waals surface area (Å²) in [6, 6.07) is 0. The third-order valence-corrected chi connectivity index (χ3v) is 2.81. The van der Waals surface area contributed by atoms with E-state index in [-0.39, 0.29) is 6.42 Å². The van der Waals surface area contributed by atoms with Gasteiger partial charge in [-0.25, -0.2) is 4.98 Å². The molecule has 0 amide bonds. The fourth-order valence-corrected chi connectivity index (χ4v) is 1.79. The molecule has 0 saturated carbocycles. The number of carbonyl (C=O) groups is 1. The quantitative estimate of drug-likeness (QED) is 0.840. The third-order valence-electron chi connectivity index (χ3n) is 2.81. The van der Waals surface area contributed by atoms with Crippen molar-refractivity contribution in [3.8, 4) is 0 Å². The van der Waals surface area contributed by atoms with E-state index in [1.807, 2.05) is 13.8 Å². The molecule has 0 atom stereocenters. The van der Waals surface area contributed by atoms with E-state index >= 15 is 0 Å². The van der Waals surface area contributed by atoms with Crippen LogP contribution in [-0.4, -0.2) is 26.2 Å². The number of hydrogen-bond donors (Lipinski definition) is 2. The second kappa shape index (κ2) is 5.03. The predicted molar refractivity (Wildman–Crippen MR) is 63.3 cm³/mol. The number of carboxylic acid groups (broad SMARTS) is 1. The van der Waals surface area contributed by atoms with E-state index in [0.29, 0.717) is 12.8 Å². The molecule has 0 aliphatic carbocycles. The van der Waals surface area contributed by atoms with E-state index in [4.69, 9.17) is 9.63 Å². The Labute approximate surface area is 104 Å². The van der Waals surface area contributed by atoms with Gasteiger partial charge in [0.2, 0.25) is 0 Å². The smallest absolute Gasteiger partial charge is 0.303 e. The van der Waals surface area contributed by atoms with Crippen LogP contribution in [0.5, 0.6) is 0 Å². The number of rotatable bonds is 5. The molecule has 0 aromatic carbocycles. The minimum Gasteiger partial charge on any atom is -0.481 e. The van der Waals surface area contributed by atoms with Crippen LogP contribution in [0.4, 0.5) is 0 Å². The average Bonchev–Trinajstić information content (AvgIpc) is 2.88. The highest BCUT2D eigenvalue weighted by atomic mass is 16.5. The van der Waals surface area contributed by atoms with Crippen molar-refractivity contribution in [2.45, 2.75) is 33.1 Å². The van der Waals surface area contributed by atoms with Crippen LogP contribution in [0.15, 0.2) is 10.7 Å². The molecule has 2 aromatic heterocycles. The van der Waals surface area contributed by atoms with Crippen LogP contribution in [-0.2, 0) is 17.6 Å². The number of nitrogens with zero attached hydrogens (tertiary/aromatic N) is 2. The second-order valence-corrected chi connectivity index (χ2v) is 4.23. The fourth-order valence-electron chi connectivity index (χ4n) is 1.79. The van der Waals surface area contributed by atoms with Gasteiger partial charge in [-0.2, -0.15) is 0 Å². The fraction of sp³-hybridized carbons (Fsp3) is 0.417. The van der Waals surface area contributed by atoms with Crippen LogP contribution in [0.1, 0.15) is 35.0 Å². The lowest BCUT2D eigenvalue weighted by Gasteiger charge is -1.96. The van der Waals surface area contributed by atoms with Gasteiger partial charge >= 0.3 is 5.97 Å². The maximum Gasteiger partial charge on any atom is 0.303 e. The Kier molecular flexibility index (Phi) is 3.45. The second-order valence-electron chi connectivity index (χ2n) is 4.23. The van der Waals surface area contributed by atoms with E-state index in [1.54, 1.807) is 6.20 Å². The van der Waals surface area contributed by atoms with Crippen molar-refractivity contribution >= 4 is 5.97 Å². The molecule has 0 spiro atoms. The van der Waals surface area contributed by atoms with Gasteiger partial charge in [0.15, 0.2) is 0 Å². The number of imidazole rings is 1. The average molecular weight is 249 g/mol. The molecule has 2 N–H and O–H groups in total. The summed E-state index contributed by atoms with van der Waals surface area (Å²) in [4.78, 5) is 17.8. The molecular formula is C12H15N3O3. The number of aromatic nitrogens is 3. The van der Waals surface area contributed by atoms with Crippen LogP contribution < -0.4 is 0 Å². The minimum absolute atomic E-state index is 0.104. The highest BCUT2D eigenvalue weighted by molar-refractivity contribution is 5.66. The topological polar surface area (TPSA) is 92.0 Å². The first-order chi connectivity index (χ1) is 8.56. The molecule has 2 rings (SSSR count). The number of aryl methyl sites for hydroxylation is 3. The zero-order valence-corrected chi connectivity index (χ0v) is 10.4. The van der Waals surface area contributed by atoms with Gasteiger partial charge in [0, 0.05) is 23.9 Å². The largest absolute Gasteiger partial charge is 0.481 e. The van der Waals surface area contributed by atoms with Gasteiger partial charge in [-0.3, -0.25) is 4.79 Å². The lowest BCUT2D eigenvalue weighted by Crippen LogP contribution is -1.98. The van der Waals surface area contributed by atoms with Crippen molar-refractivity contribution in [3.63, 3.8) is 0 Å². The van der Waals surface area contributed by atoms with Crippen molar-refractivity contribution in [1.29, 1.82) is 0 Å². The van der Waals surface area contributed by atoms with Gasteiger partial charge in [-0.15, -0.1) is 0 Å². The Morgan fingerprint density at radius 2 is 2.28 bits per heavy atom. The van der Waals surface area contributed by atoms with Crippen molar-refractivity contribution in [1.82, 2.24) is 15.1 Å². The van der Waals surface area contributed by atoms with Gasteiger partial charge in [-0.05, 0) is 20.3 Å². The zero-order valence-electron chi connectivity index (χ0n) is 10.4. The molecule has 0 aliphatic rings. The summed E-state index contributed by atoms with van der Waals surface area (Å²) in [5, 5.41) is 12.5. The van der Waals surface area contributed by atoms with Crippen LogP contribution in [0, 0.1) is 13.8 Å². The molecule has 0 aliphatic heterocycles. The number of H-pyrrole nitrogens is 1. The highest BCUT2D eigenvalue weighted by Gasteiger charge is 2.11. The summed E-state index contributed by atoms with van der Waals surface area (Å²) in [6.07, 6.45) is 2.86. The molecule has 18 heavy (non-hydrogen) atoms. The third kappa shape index (κ3) is 2.77. The SMILES string of the molecule is Cc1noc(C)c1Cc1ncc(CCC(=O)O)[nH]1. The maximum absolute atomic E-state index is 10.5. The van der Waals surface area contributed by atoms with Crippen LogP contribution in [0.25, 0.3) is 0 Å². The lowest BCUT2D eigenvalue weighted by molar-refractivity contribution is -0.136. The normalized spacial score (nSPS) is 10.8. The lowest BCUT2D eigenvalue weighted by atomic mass is 10.1. The molecule has 0 bridgehead atoms. The van der Waals surface area contributed by atoms with Crippen LogP contribution >= 0.6 is 0 Å². The number of nitrogens with one attached hydrogen (secondary N) is 1. The highest BCUT2D eigenvalue weighted by Crippen LogP contribution is 2.16. The summed E-state index contributed by atoms with van der Waals surface area (Å²) in [5.41, 5.74) is 2.71. The maximum atomic E-state index is 10.5. The predicted octanol–water partition coefficient (Wildman–Crippen LogP) is 1.62. The van der Waals surface area contributed by atoms with E-state index in [1.165, 1.54) is 0 Å². The van der Waals surface area contributed by atoms with Crippen molar-refractivity contribution in [2.24, 2.45) is 0 Å². The van der Waals surface area contributed by atoms with Gasteiger partial charge in [0.1, 0.15) is 11.6 Å². The molecule has 0 saturated heterocycles. The van der Waals surface area contributed by atoms with Crippen LogP contribution in [0.2, 0.25) is 0 Å².